The van der Waals surface area contributed by atoms with Gasteiger partial charge in [0, 0.05) is 5.56 Å². The van der Waals surface area contributed by atoms with Gasteiger partial charge in [0.25, 0.3) is 0 Å². The first kappa shape index (κ1) is 19.0. The van der Waals surface area contributed by atoms with E-state index in [9.17, 15) is 0 Å². The van der Waals surface area contributed by atoms with Gasteiger partial charge < -0.3 is 20.4 Å². The highest BCUT2D eigenvalue weighted by atomic mass is 16.5. The maximum atomic E-state index is 6.28. The third kappa shape index (κ3) is 3.04. The van der Waals surface area contributed by atoms with E-state index in [0.29, 0.717) is 12.5 Å². The highest BCUT2D eigenvalue weighted by molar-refractivity contribution is 5.91. The number of H-pyrrole nitrogens is 1. The van der Waals surface area contributed by atoms with Crippen LogP contribution in [0.5, 0.6) is 5.75 Å². The Hall–Kier alpha value is -3.73. The molecule has 2 aliphatic heterocycles. The van der Waals surface area contributed by atoms with Gasteiger partial charge >= 0.3 is 0 Å². The fraction of sp³-hybridized carbons (Fsp3) is 0.222. The number of nitrogens with zero attached hydrogens (tertiary/aromatic N) is 1. The summed E-state index contributed by atoms with van der Waals surface area (Å²) >= 11 is 0. The molecule has 2 aliphatic rings. The number of benzene rings is 3. The maximum absolute atomic E-state index is 6.28. The number of aromatic amines is 1. The standard InChI is InChI=1S/C27H26N4O/c1-15(2)27-30-23-11-10-22-21-9-8-19(12-20(21)14-32-26(22)25(23)31-27)17-4-6-18(7-5-17)24-13-28-16(3)29-24/h4-13,15,27,30-31H,14H2,1-3H3,(H,28,29). The Morgan fingerprint density at radius 3 is 2.41 bits per heavy atom. The van der Waals surface area contributed by atoms with Crippen LogP contribution in [0.3, 0.4) is 0 Å². The van der Waals surface area contributed by atoms with Crippen LogP contribution in [0.1, 0.15) is 25.2 Å². The quantitative estimate of drug-likeness (QED) is 0.356. The molecule has 1 atom stereocenters. The minimum atomic E-state index is 0.234. The first-order valence-corrected chi connectivity index (χ1v) is 11.2. The second-order valence-electron chi connectivity index (χ2n) is 9.00. The second-order valence-corrected chi connectivity index (χ2v) is 9.00. The molecule has 3 heterocycles. The van der Waals surface area contributed by atoms with Gasteiger partial charge in [-0.2, -0.15) is 0 Å². The average molecular weight is 423 g/mol. The highest BCUT2D eigenvalue weighted by Gasteiger charge is 2.29. The summed E-state index contributed by atoms with van der Waals surface area (Å²) in [6.07, 6.45) is 2.11. The van der Waals surface area contributed by atoms with Crippen molar-refractivity contribution in [3.05, 3.63) is 72.2 Å². The lowest BCUT2D eigenvalue weighted by Gasteiger charge is -2.24. The molecule has 160 valence electrons. The van der Waals surface area contributed by atoms with Crippen LogP contribution in [0, 0.1) is 12.8 Å². The van der Waals surface area contributed by atoms with E-state index in [1.807, 2.05) is 13.1 Å². The van der Waals surface area contributed by atoms with Crippen LogP contribution < -0.4 is 15.4 Å². The third-order valence-electron chi connectivity index (χ3n) is 6.43. The number of aryl methyl sites for hydroxylation is 1. The van der Waals surface area contributed by atoms with Gasteiger partial charge in [0.1, 0.15) is 18.1 Å². The van der Waals surface area contributed by atoms with Crippen molar-refractivity contribution < 1.29 is 4.74 Å². The van der Waals surface area contributed by atoms with Gasteiger partial charge in [0.15, 0.2) is 5.75 Å². The van der Waals surface area contributed by atoms with Crippen molar-refractivity contribution in [1.29, 1.82) is 0 Å². The lowest BCUT2D eigenvalue weighted by molar-refractivity contribution is 0.304. The molecule has 0 spiro atoms. The van der Waals surface area contributed by atoms with Crippen molar-refractivity contribution >= 4 is 11.4 Å². The summed E-state index contributed by atoms with van der Waals surface area (Å²) in [5, 5.41) is 7.17. The number of rotatable bonds is 3. The molecule has 5 nitrogen and oxygen atoms in total. The van der Waals surface area contributed by atoms with Crippen molar-refractivity contribution in [1.82, 2.24) is 9.97 Å². The number of ether oxygens (including phenoxy) is 1. The third-order valence-corrected chi connectivity index (χ3v) is 6.43. The van der Waals surface area contributed by atoms with Crippen molar-refractivity contribution in [2.45, 2.75) is 33.5 Å². The molecule has 3 N–H and O–H groups in total. The molecule has 32 heavy (non-hydrogen) atoms. The van der Waals surface area contributed by atoms with Crippen LogP contribution in [0.25, 0.3) is 33.5 Å². The Kier molecular flexibility index (Phi) is 4.25. The Bertz CT molecular complexity index is 1320. The number of anilines is 2. The van der Waals surface area contributed by atoms with E-state index in [1.54, 1.807) is 0 Å². The SMILES string of the molecule is Cc1ncc(-c2ccc(-c3ccc4c(c3)COc3c-4ccc4c3NC(C(C)C)N4)cc2)[nH]1. The zero-order valence-corrected chi connectivity index (χ0v) is 18.5. The zero-order valence-electron chi connectivity index (χ0n) is 18.5. The van der Waals surface area contributed by atoms with Crippen molar-refractivity contribution in [3.63, 3.8) is 0 Å². The number of nitrogens with one attached hydrogen (secondary N) is 3. The monoisotopic (exact) mass is 422 g/mol. The van der Waals surface area contributed by atoms with Crippen LogP contribution in [-0.4, -0.2) is 16.1 Å². The molecular formula is C27H26N4O. The van der Waals surface area contributed by atoms with Gasteiger partial charge in [-0.3, -0.25) is 0 Å². The van der Waals surface area contributed by atoms with Gasteiger partial charge in [0.2, 0.25) is 0 Å². The minimum absolute atomic E-state index is 0.234. The first-order valence-electron chi connectivity index (χ1n) is 11.2. The van der Waals surface area contributed by atoms with Gasteiger partial charge in [-0.25, -0.2) is 4.98 Å². The summed E-state index contributed by atoms with van der Waals surface area (Å²) in [5.74, 6) is 2.37. The predicted molar refractivity (Wildman–Crippen MR) is 130 cm³/mol. The van der Waals surface area contributed by atoms with Gasteiger partial charge in [0.05, 0.1) is 23.7 Å². The second kappa shape index (κ2) is 7.16. The van der Waals surface area contributed by atoms with Crippen LogP contribution in [0.4, 0.5) is 11.4 Å². The molecule has 0 saturated heterocycles. The predicted octanol–water partition coefficient (Wildman–Crippen LogP) is 6.43. The molecule has 0 aliphatic carbocycles. The fourth-order valence-electron chi connectivity index (χ4n) is 4.62. The summed E-state index contributed by atoms with van der Waals surface area (Å²) in [6, 6.07) is 19.6. The zero-order chi connectivity index (χ0) is 21.8. The van der Waals surface area contributed by atoms with E-state index in [0.717, 1.165) is 39.8 Å². The number of imidazole rings is 1. The molecule has 0 radical (unpaired) electrons. The van der Waals surface area contributed by atoms with Crippen molar-refractivity contribution in [2.24, 2.45) is 5.92 Å². The molecule has 6 rings (SSSR count). The Morgan fingerprint density at radius 1 is 0.906 bits per heavy atom. The molecule has 1 unspecified atom stereocenters. The normalized spacial score (nSPS) is 15.9. The number of fused-ring (bicyclic) bond motifs is 5. The largest absolute Gasteiger partial charge is 0.486 e. The summed E-state index contributed by atoms with van der Waals surface area (Å²) in [7, 11) is 0. The van der Waals surface area contributed by atoms with E-state index in [4.69, 9.17) is 4.74 Å². The Balaban J connectivity index is 1.32. The average Bonchev–Trinajstić information content (AvgIpc) is 3.45. The molecule has 0 fully saturated rings. The lowest BCUT2D eigenvalue weighted by atomic mass is 9.92. The summed E-state index contributed by atoms with van der Waals surface area (Å²) < 4.78 is 6.28. The van der Waals surface area contributed by atoms with Crippen LogP contribution in [0.15, 0.2) is 60.8 Å². The van der Waals surface area contributed by atoms with E-state index in [1.165, 1.54) is 22.3 Å². The molecule has 0 saturated carbocycles. The van der Waals surface area contributed by atoms with E-state index < -0.39 is 0 Å². The summed E-state index contributed by atoms with van der Waals surface area (Å²) in [4.78, 5) is 7.59. The Labute approximate surface area is 187 Å². The highest BCUT2D eigenvalue weighted by Crippen LogP contribution is 2.49. The summed E-state index contributed by atoms with van der Waals surface area (Å²) in [5.41, 5.74) is 10.4. The van der Waals surface area contributed by atoms with E-state index in [2.05, 4.69) is 89.0 Å². The topological polar surface area (TPSA) is 62.0 Å². The lowest BCUT2D eigenvalue weighted by Crippen LogP contribution is -2.28. The first-order chi connectivity index (χ1) is 15.6. The van der Waals surface area contributed by atoms with E-state index >= 15 is 0 Å². The maximum Gasteiger partial charge on any atom is 0.152 e. The van der Waals surface area contributed by atoms with Gasteiger partial charge in [-0.1, -0.05) is 50.2 Å². The van der Waals surface area contributed by atoms with Crippen molar-refractivity contribution in [2.75, 3.05) is 10.6 Å². The molecule has 0 bridgehead atoms. The molecule has 4 aromatic rings. The summed E-state index contributed by atoms with van der Waals surface area (Å²) in [6.45, 7) is 6.97. The van der Waals surface area contributed by atoms with Crippen LogP contribution >= 0.6 is 0 Å². The van der Waals surface area contributed by atoms with Gasteiger partial charge in [-0.15, -0.1) is 0 Å². The smallest absolute Gasteiger partial charge is 0.152 e. The Morgan fingerprint density at radius 2 is 1.66 bits per heavy atom. The number of hydrogen-bond donors (Lipinski definition) is 3. The van der Waals surface area contributed by atoms with Gasteiger partial charge in [-0.05, 0) is 58.9 Å². The number of hydrogen-bond acceptors (Lipinski definition) is 4. The number of aromatic nitrogens is 2. The minimum Gasteiger partial charge on any atom is -0.486 e. The molecular weight excluding hydrogens is 396 g/mol. The molecule has 3 aromatic carbocycles. The van der Waals surface area contributed by atoms with Crippen LogP contribution in [0.2, 0.25) is 0 Å². The van der Waals surface area contributed by atoms with E-state index in [-0.39, 0.29) is 6.17 Å². The molecule has 0 amide bonds. The van der Waals surface area contributed by atoms with Crippen LogP contribution in [-0.2, 0) is 6.61 Å². The molecule has 5 heteroatoms. The van der Waals surface area contributed by atoms with Crippen molar-refractivity contribution in [3.8, 4) is 39.3 Å². The molecule has 1 aromatic heterocycles. The fourth-order valence-corrected chi connectivity index (χ4v) is 4.62.